The third-order valence-electron chi connectivity index (χ3n) is 3.47. The molecule has 0 bridgehead atoms. The predicted octanol–water partition coefficient (Wildman–Crippen LogP) is 2.90. The molecule has 1 aromatic rings. The first-order valence-corrected chi connectivity index (χ1v) is 5.97. The summed E-state index contributed by atoms with van der Waals surface area (Å²) in [6.45, 7) is 0.696. The summed E-state index contributed by atoms with van der Waals surface area (Å²) >= 11 is 5.85. The van der Waals surface area contributed by atoms with E-state index in [1.165, 1.54) is 19.3 Å². The van der Waals surface area contributed by atoms with E-state index in [0.717, 1.165) is 18.5 Å². The van der Waals surface area contributed by atoms with Crippen molar-refractivity contribution in [1.82, 2.24) is 4.98 Å². The molecule has 2 N–H and O–H groups in total. The molecule has 0 aliphatic heterocycles. The zero-order valence-electron chi connectivity index (χ0n) is 8.88. The third-order valence-corrected chi connectivity index (χ3v) is 3.70. The van der Waals surface area contributed by atoms with Crippen molar-refractivity contribution in [3.05, 3.63) is 29.0 Å². The molecule has 1 saturated carbocycles. The summed E-state index contributed by atoms with van der Waals surface area (Å²) in [6.07, 6.45) is 7.91. The number of nitrogens with zero attached hydrogens (tertiary/aromatic N) is 1. The highest BCUT2D eigenvalue weighted by molar-refractivity contribution is 6.30. The lowest BCUT2D eigenvalue weighted by Gasteiger charge is -2.35. The molecule has 82 valence electrons. The topological polar surface area (TPSA) is 38.9 Å². The van der Waals surface area contributed by atoms with Gasteiger partial charge in [-0.2, -0.15) is 0 Å². The highest BCUT2D eigenvalue weighted by atomic mass is 35.5. The Balaban J connectivity index is 2.28. The van der Waals surface area contributed by atoms with Crippen molar-refractivity contribution in [3.63, 3.8) is 0 Å². The average Bonchev–Trinajstić information content (AvgIpc) is 2.31. The molecular formula is C12H17ClN2. The number of nitrogens with two attached hydrogens (primary N) is 1. The maximum atomic E-state index is 5.94. The minimum absolute atomic E-state index is 0.114. The normalized spacial score (nSPS) is 20.1. The van der Waals surface area contributed by atoms with Crippen LogP contribution in [0.3, 0.4) is 0 Å². The molecule has 0 spiro atoms. The highest BCUT2D eigenvalue weighted by Gasteiger charge is 2.33. The molecule has 2 rings (SSSR count). The van der Waals surface area contributed by atoms with Gasteiger partial charge in [0.25, 0.3) is 0 Å². The number of rotatable bonds is 2. The van der Waals surface area contributed by atoms with Crippen LogP contribution in [0.1, 0.15) is 37.8 Å². The van der Waals surface area contributed by atoms with Gasteiger partial charge in [0.15, 0.2) is 0 Å². The minimum atomic E-state index is 0.114. The molecule has 0 radical (unpaired) electrons. The fourth-order valence-electron chi connectivity index (χ4n) is 2.48. The first-order chi connectivity index (χ1) is 7.27. The van der Waals surface area contributed by atoms with Crippen molar-refractivity contribution in [2.24, 2.45) is 5.73 Å². The maximum absolute atomic E-state index is 5.94. The van der Waals surface area contributed by atoms with E-state index in [0.29, 0.717) is 11.6 Å². The Hall–Kier alpha value is -0.600. The van der Waals surface area contributed by atoms with E-state index in [4.69, 9.17) is 17.3 Å². The Morgan fingerprint density at radius 2 is 2.00 bits per heavy atom. The number of hydrogen-bond donors (Lipinski definition) is 1. The Morgan fingerprint density at radius 1 is 1.27 bits per heavy atom. The van der Waals surface area contributed by atoms with Crippen LogP contribution >= 0.6 is 11.6 Å². The van der Waals surface area contributed by atoms with Crippen LogP contribution in [0.2, 0.25) is 5.02 Å². The third kappa shape index (κ3) is 2.16. The van der Waals surface area contributed by atoms with Gasteiger partial charge in [0.2, 0.25) is 0 Å². The van der Waals surface area contributed by atoms with Gasteiger partial charge >= 0.3 is 0 Å². The second-order valence-electron chi connectivity index (χ2n) is 4.41. The van der Waals surface area contributed by atoms with E-state index in [1.54, 1.807) is 6.20 Å². The molecule has 2 nitrogen and oxygen atoms in total. The van der Waals surface area contributed by atoms with E-state index >= 15 is 0 Å². The van der Waals surface area contributed by atoms with Gasteiger partial charge in [-0.15, -0.1) is 0 Å². The number of pyridine rings is 1. The van der Waals surface area contributed by atoms with Crippen molar-refractivity contribution in [1.29, 1.82) is 0 Å². The van der Waals surface area contributed by atoms with Crippen LogP contribution in [0.5, 0.6) is 0 Å². The van der Waals surface area contributed by atoms with Gasteiger partial charge in [-0.1, -0.05) is 30.9 Å². The largest absolute Gasteiger partial charge is 0.330 e. The Kier molecular flexibility index (Phi) is 3.27. The standard InChI is InChI=1S/C12H17ClN2/c13-10-4-5-11(15-8-10)12(9-14)6-2-1-3-7-12/h4-5,8H,1-3,6-7,9,14H2. The summed E-state index contributed by atoms with van der Waals surface area (Å²) in [5.74, 6) is 0. The van der Waals surface area contributed by atoms with Crippen LogP contribution in [0.4, 0.5) is 0 Å². The molecule has 3 heteroatoms. The fourth-order valence-corrected chi connectivity index (χ4v) is 2.59. The second-order valence-corrected chi connectivity index (χ2v) is 4.84. The van der Waals surface area contributed by atoms with Crippen molar-refractivity contribution in [3.8, 4) is 0 Å². The van der Waals surface area contributed by atoms with Crippen LogP contribution in [-0.4, -0.2) is 11.5 Å². The Labute approximate surface area is 95.8 Å². The van der Waals surface area contributed by atoms with Crippen LogP contribution in [0, 0.1) is 0 Å². The summed E-state index contributed by atoms with van der Waals surface area (Å²) in [7, 11) is 0. The van der Waals surface area contributed by atoms with Crippen LogP contribution < -0.4 is 5.73 Å². The first-order valence-electron chi connectivity index (χ1n) is 5.59. The maximum Gasteiger partial charge on any atom is 0.0589 e. The van der Waals surface area contributed by atoms with Crippen molar-refractivity contribution in [2.45, 2.75) is 37.5 Å². The summed E-state index contributed by atoms with van der Waals surface area (Å²) < 4.78 is 0. The first kappa shape index (κ1) is 10.9. The number of halogens is 1. The van der Waals surface area contributed by atoms with Gasteiger partial charge in [-0.3, -0.25) is 4.98 Å². The second kappa shape index (κ2) is 4.50. The monoisotopic (exact) mass is 224 g/mol. The number of aromatic nitrogens is 1. The van der Waals surface area contributed by atoms with Crippen molar-refractivity contribution >= 4 is 11.6 Å². The van der Waals surface area contributed by atoms with Gasteiger partial charge in [0.05, 0.1) is 5.02 Å². The smallest absolute Gasteiger partial charge is 0.0589 e. The van der Waals surface area contributed by atoms with Crippen LogP contribution in [0.25, 0.3) is 0 Å². The van der Waals surface area contributed by atoms with Gasteiger partial charge in [0, 0.05) is 23.9 Å². The van der Waals surface area contributed by atoms with Crippen LogP contribution in [-0.2, 0) is 5.41 Å². The summed E-state index contributed by atoms with van der Waals surface area (Å²) in [4.78, 5) is 4.43. The Bertz CT molecular complexity index is 315. The van der Waals surface area contributed by atoms with Gasteiger partial charge in [-0.05, 0) is 25.0 Å². The number of hydrogen-bond acceptors (Lipinski definition) is 2. The van der Waals surface area contributed by atoms with E-state index < -0.39 is 0 Å². The zero-order chi connectivity index (χ0) is 10.7. The van der Waals surface area contributed by atoms with E-state index in [-0.39, 0.29) is 5.41 Å². The van der Waals surface area contributed by atoms with Crippen molar-refractivity contribution in [2.75, 3.05) is 6.54 Å². The lowest BCUT2D eigenvalue weighted by molar-refractivity contribution is 0.293. The summed E-state index contributed by atoms with van der Waals surface area (Å²) in [6, 6.07) is 3.94. The molecule has 1 fully saturated rings. The molecule has 0 atom stereocenters. The molecule has 0 saturated heterocycles. The molecule has 0 aromatic carbocycles. The van der Waals surface area contributed by atoms with Crippen molar-refractivity contribution < 1.29 is 0 Å². The van der Waals surface area contributed by atoms with Gasteiger partial charge in [0.1, 0.15) is 0 Å². The zero-order valence-corrected chi connectivity index (χ0v) is 9.63. The van der Waals surface area contributed by atoms with E-state index in [9.17, 15) is 0 Å². The molecular weight excluding hydrogens is 208 g/mol. The lowest BCUT2D eigenvalue weighted by Crippen LogP contribution is -2.37. The van der Waals surface area contributed by atoms with Gasteiger partial charge in [-0.25, -0.2) is 0 Å². The molecule has 0 amide bonds. The highest BCUT2D eigenvalue weighted by Crippen LogP contribution is 2.37. The molecule has 1 aromatic heterocycles. The minimum Gasteiger partial charge on any atom is -0.330 e. The summed E-state index contributed by atoms with van der Waals surface area (Å²) in [5.41, 5.74) is 7.17. The molecule has 15 heavy (non-hydrogen) atoms. The van der Waals surface area contributed by atoms with E-state index in [2.05, 4.69) is 4.98 Å². The molecule has 1 heterocycles. The fraction of sp³-hybridized carbons (Fsp3) is 0.583. The van der Waals surface area contributed by atoms with Gasteiger partial charge < -0.3 is 5.73 Å². The average molecular weight is 225 g/mol. The Morgan fingerprint density at radius 3 is 2.53 bits per heavy atom. The molecule has 0 unspecified atom stereocenters. The SMILES string of the molecule is NCC1(c2ccc(Cl)cn2)CCCCC1. The summed E-state index contributed by atoms with van der Waals surface area (Å²) in [5, 5.41) is 0.696. The quantitative estimate of drug-likeness (QED) is 0.839. The van der Waals surface area contributed by atoms with E-state index in [1.807, 2.05) is 12.1 Å². The molecule has 1 aliphatic carbocycles. The lowest BCUT2D eigenvalue weighted by atomic mass is 9.71. The molecule has 1 aliphatic rings. The predicted molar refractivity (Wildman–Crippen MR) is 63.1 cm³/mol. The van der Waals surface area contributed by atoms with Crippen LogP contribution in [0.15, 0.2) is 18.3 Å².